The summed E-state index contributed by atoms with van der Waals surface area (Å²) in [5.41, 5.74) is -1.46. The first-order chi connectivity index (χ1) is 11.7. The molecule has 0 bridgehead atoms. The van der Waals surface area contributed by atoms with Crippen LogP contribution in [0.2, 0.25) is 0 Å². The lowest BCUT2D eigenvalue weighted by Crippen LogP contribution is -2.55. The van der Waals surface area contributed by atoms with Crippen molar-refractivity contribution in [3.05, 3.63) is 29.8 Å². The molecular formula is C17H18F2N2O4. The molecule has 1 aliphatic heterocycles. The van der Waals surface area contributed by atoms with Gasteiger partial charge < -0.3 is 15.3 Å². The van der Waals surface area contributed by atoms with Gasteiger partial charge in [0.05, 0.1) is 11.6 Å². The number of hydrogen-bond donors (Lipinski definition) is 2. The van der Waals surface area contributed by atoms with Crippen LogP contribution in [0.15, 0.2) is 18.2 Å². The van der Waals surface area contributed by atoms with Gasteiger partial charge >= 0.3 is 5.97 Å². The number of carbonyl (C=O) groups is 3. The summed E-state index contributed by atoms with van der Waals surface area (Å²) < 4.78 is 26.9. The van der Waals surface area contributed by atoms with E-state index in [4.69, 9.17) is 0 Å². The second kappa shape index (κ2) is 6.09. The fourth-order valence-corrected chi connectivity index (χ4v) is 3.17. The number of nitrogens with one attached hydrogen (secondary N) is 1. The molecule has 134 valence electrons. The minimum absolute atomic E-state index is 0.0758. The van der Waals surface area contributed by atoms with Crippen molar-refractivity contribution >= 4 is 23.5 Å². The number of carboxylic acid groups (broad SMARTS) is 1. The zero-order valence-electron chi connectivity index (χ0n) is 13.6. The van der Waals surface area contributed by atoms with E-state index in [0.717, 1.165) is 29.9 Å². The van der Waals surface area contributed by atoms with E-state index in [1.54, 1.807) is 0 Å². The molecule has 1 aromatic rings. The molecule has 1 saturated carbocycles. The third kappa shape index (κ3) is 3.20. The number of rotatable bonds is 5. The van der Waals surface area contributed by atoms with Gasteiger partial charge in [-0.05, 0) is 37.8 Å². The largest absolute Gasteiger partial charge is 0.480 e. The molecule has 1 aliphatic carbocycles. The maximum Gasteiger partial charge on any atom is 0.329 e. The van der Waals surface area contributed by atoms with Crippen LogP contribution in [0.4, 0.5) is 14.5 Å². The van der Waals surface area contributed by atoms with E-state index in [9.17, 15) is 28.3 Å². The van der Waals surface area contributed by atoms with Gasteiger partial charge in [-0.15, -0.1) is 0 Å². The molecule has 2 amide bonds. The second-order valence-electron chi connectivity index (χ2n) is 6.77. The molecule has 1 heterocycles. The van der Waals surface area contributed by atoms with E-state index < -0.39 is 40.9 Å². The zero-order valence-corrected chi connectivity index (χ0v) is 13.6. The maximum atomic E-state index is 13.9. The number of nitrogens with zero attached hydrogens (tertiary/aromatic N) is 1. The standard InChI is InChI=1S/C17H18F2N2O4/c1-17(16(24)25,10-2-3-10)20-15(23)9-6-14(22)21(8-9)13-5-4-11(18)7-12(13)19/h4-5,7,9-10H,2-3,6,8H2,1H3,(H,20,23)(H,24,25). The van der Waals surface area contributed by atoms with Gasteiger partial charge in [-0.2, -0.15) is 0 Å². The van der Waals surface area contributed by atoms with Crippen molar-refractivity contribution in [2.24, 2.45) is 11.8 Å². The normalized spacial score (nSPS) is 22.6. The van der Waals surface area contributed by atoms with Gasteiger partial charge in [-0.25, -0.2) is 13.6 Å². The smallest absolute Gasteiger partial charge is 0.329 e. The summed E-state index contributed by atoms with van der Waals surface area (Å²) in [5.74, 6) is -4.68. The lowest BCUT2D eigenvalue weighted by atomic mass is 9.94. The topological polar surface area (TPSA) is 86.7 Å². The minimum atomic E-state index is -1.37. The number of halogens is 2. The van der Waals surface area contributed by atoms with E-state index in [-0.39, 0.29) is 24.6 Å². The third-order valence-electron chi connectivity index (χ3n) is 4.92. The van der Waals surface area contributed by atoms with E-state index in [1.165, 1.54) is 6.92 Å². The summed E-state index contributed by atoms with van der Waals surface area (Å²) in [6, 6.07) is 2.85. The van der Waals surface area contributed by atoms with E-state index in [0.29, 0.717) is 6.07 Å². The average Bonchev–Trinajstić information content (AvgIpc) is 3.31. The number of carbonyl (C=O) groups excluding carboxylic acids is 2. The van der Waals surface area contributed by atoms with Gasteiger partial charge in [0.25, 0.3) is 0 Å². The summed E-state index contributed by atoms with van der Waals surface area (Å²) >= 11 is 0. The number of carboxylic acids is 1. The SMILES string of the molecule is CC(NC(=O)C1CC(=O)N(c2ccc(F)cc2F)C1)(C(=O)O)C1CC1. The van der Waals surface area contributed by atoms with Gasteiger partial charge in [-0.3, -0.25) is 9.59 Å². The summed E-state index contributed by atoms with van der Waals surface area (Å²) in [6.45, 7) is 1.38. The van der Waals surface area contributed by atoms with E-state index >= 15 is 0 Å². The van der Waals surface area contributed by atoms with Crippen LogP contribution in [0.5, 0.6) is 0 Å². The molecule has 2 fully saturated rings. The van der Waals surface area contributed by atoms with Crippen LogP contribution in [0, 0.1) is 23.5 Å². The molecule has 8 heteroatoms. The van der Waals surface area contributed by atoms with Crippen LogP contribution in [-0.4, -0.2) is 35.0 Å². The van der Waals surface area contributed by atoms with Crippen molar-refractivity contribution in [2.75, 3.05) is 11.4 Å². The van der Waals surface area contributed by atoms with Crippen LogP contribution in [0.3, 0.4) is 0 Å². The van der Waals surface area contributed by atoms with Crippen molar-refractivity contribution in [3.63, 3.8) is 0 Å². The van der Waals surface area contributed by atoms with Gasteiger partial charge in [0, 0.05) is 19.0 Å². The van der Waals surface area contributed by atoms with Crippen molar-refractivity contribution in [2.45, 2.75) is 31.7 Å². The number of anilines is 1. The van der Waals surface area contributed by atoms with Crippen LogP contribution in [-0.2, 0) is 14.4 Å². The fourth-order valence-electron chi connectivity index (χ4n) is 3.17. The first-order valence-corrected chi connectivity index (χ1v) is 8.03. The van der Waals surface area contributed by atoms with E-state index in [2.05, 4.69) is 5.32 Å². The number of aliphatic carboxylic acids is 1. The van der Waals surface area contributed by atoms with Gasteiger partial charge in [-0.1, -0.05) is 0 Å². The molecule has 3 rings (SSSR count). The fraction of sp³-hybridized carbons (Fsp3) is 0.471. The van der Waals surface area contributed by atoms with Crippen LogP contribution in [0.25, 0.3) is 0 Å². The van der Waals surface area contributed by atoms with Gasteiger partial charge in [0.15, 0.2) is 0 Å². The van der Waals surface area contributed by atoms with Crippen LogP contribution in [0.1, 0.15) is 26.2 Å². The molecule has 0 spiro atoms. The molecule has 25 heavy (non-hydrogen) atoms. The Balaban J connectivity index is 1.73. The second-order valence-corrected chi connectivity index (χ2v) is 6.77. The maximum absolute atomic E-state index is 13.9. The monoisotopic (exact) mass is 352 g/mol. The third-order valence-corrected chi connectivity index (χ3v) is 4.92. The predicted octanol–water partition coefficient (Wildman–Crippen LogP) is 1.69. The highest BCUT2D eigenvalue weighted by molar-refractivity contribution is 6.01. The van der Waals surface area contributed by atoms with Crippen LogP contribution < -0.4 is 10.2 Å². The van der Waals surface area contributed by atoms with Crippen molar-refractivity contribution in [3.8, 4) is 0 Å². The highest BCUT2D eigenvalue weighted by Crippen LogP contribution is 2.40. The molecule has 2 atom stereocenters. The minimum Gasteiger partial charge on any atom is -0.480 e. The van der Waals surface area contributed by atoms with Gasteiger partial charge in [0.2, 0.25) is 11.8 Å². The Hall–Kier alpha value is -2.51. The number of amides is 2. The van der Waals surface area contributed by atoms with Crippen molar-refractivity contribution in [1.82, 2.24) is 5.32 Å². The Bertz CT molecular complexity index is 750. The van der Waals surface area contributed by atoms with Crippen molar-refractivity contribution < 1.29 is 28.3 Å². The van der Waals surface area contributed by atoms with Gasteiger partial charge in [0.1, 0.15) is 17.2 Å². The Morgan fingerprint density at radius 3 is 2.56 bits per heavy atom. The highest BCUT2D eigenvalue weighted by atomic mass is 19.1. The van der Waals surface area contributed by atoms with Crippen molar-refractivity contribution in [1.29, 1.82) is 0 Å². The first-order valence-electron chi connectivity index (χ1n) is 8.03. The average molecular weight is 352 g/mol. The molecular weight excluding hydrogens is 334 g/mol. The zero-order chi connectivity index (χ0) is 18.4. The molecule has 2 aliphatic rings. The molecule has 2 unspecified atom stereocenters. The van der Waals surface area contributed by atoms with E-state index in [1.807, 2.05) is 0 Å². The Kier molecular flexibility index (Phi) is 4.22. The summed E-state index contributed by atoms with van der Waals surface area (Å²) in [5, 5.41) is 11.9. The number of hydrogen-bond acceptors (Lipinski definition) is 3. The Labute approximate surface area is 142 Å². The molecule has 1 saturated heterocycles. The number of benzene rings is 1. The molecule has 1 aromatic carbocycles. The molecule has 0 aromatic heterocycles. The molecule has 6 nitrogen and oxygen atoms in total. The highest BCUT2D eigenvalue weighted by Gasteiger charge is 2.50. The summed E-state index contributed by atoms with van der Waals surface area (Å²) in [4.78, 5) is 37.2. The lowest BCUT2D eigenvalue weighted by molar-refractivity contribution is -0.148. The lowest BCUT2D eigenvalue weighted by Gasteiger charge is -2.27. The Morgan fingerprint density at radius 1 is 1.32 bits per heavy atom. The van der Waals surface area contributed by atoms with Crippen LogP contribution >= 0.6 is 0 Å². The summed E-state index contributed by atoms with van der Waals surface area (Å²) in [6.07, 6.45) is 1.29. The quantitative estimate of drug-likeness (QED) is 0.844. The predicted molar refractivity (Wildman–Crippen MR) is 83.7 cm³/mol. The molecule has 2 N–H and O–H groups in total. The summed E-state index contributed by atoms with van der Waals surface area (Å²) in [7, 11) is 0. The molecule has 0 radical (unpaired) electrons. The first kappa shape index (κ1) is 17.3. The Morgan fingerprint density at radius 2 is 2.00 bits per heavy atom.